The summed E-state index contributed by atoms with van der Waals surface area (Å²) in [5.74, 6) is -0.0150. The molecule has 8 heteroatoms. The van der Waals surface area contributed by atoms with Crippen LogP contribution in [0.1, 0.15) is 23.2 Å². The summed E-state index contributed by atoms with van der Waals surface area (Å²) in [7, 11) is -2.06. The van der Waals surface area contributed by atoms with Crippen molar-refractivity contribution >= 4 is 27.5 Å². The summed E-state index contributed by atoms with van der Waals surface area (Å²) in [5, 5.41) is 5.58. The van der Waals surface area contributed by atoms with E-state index >= 15 is 0 Å². The highest BCUT2D eigenvalue weighted by molar-refractivity contribution is 7.89. The van der Waals surface area contributed by atoms with E-state index in [0.717, 1.165) is 12.8 Å². The largest absolute Gasteiger partial charge is 0.496 e. The van der Waals surface area contributed by atoms with Gasteiger partial charge in [-0.25, -0.2) is 13.6 Å². The molecule has 1 aliphatic rings. The van der Waals surface area contributed by atoms with Crippen LogP contribution < -0.4 is 9.88 Å². The lowest BCUT2D eigenvalue weighted by Crippen LogP contribution is -2.42. The highest BCUT2D eigenvalue weighted by Crippen LogP contribution is 2.26. The predicted molar refractivity (Wildman–Crippen MR) is 84.6 cm³/mol. The van der Waals surface area contributed by atoms with E-state index in [1.807, 2.05) is 0 Å². The molecule has 0 saturated carbocycles. The van der Waals surface area contributed by atoms with E-state index in [-0.39, 0.29) is 17.6 Å². The summed E-state index contributed by atoms with van der Waals surface area (Å²) in [6, 6.07) is 4.83. The Balaban J connectivity index is 2.15. The number of benzene rings is 1. The van der Waals surface area contributed by atoms with E-state index in [2.05, 4.69) is 0 Å². The Morgan fingerprint density at radius 1 is 1.50 bits per heavy atom. The molecule has 1 saturated heterocycles. The van der Waals surface area contributed by atoms with Gasteiger partial charge in [0.05, 0.1) is 18.4 Å². The molecule has 2 rings (SSSR count). The fourth-order valence-electron chi connectivity index (χ4n) is 2.73. The Labute approximate surface area is 135 Å². The van der Waals surface area contributed by atoms with Gasteiger partial charge in [0.25, 0.3) is 5.91 Å². The van der Waals surface area contributed by atoms with Gasteiger partial charge in [0, 0.05) is 18.1 Å². The molecule has 22 heavy (non-hydrogen) atoms. The molecule has 0 spiro atoms. The Morgan fingerprint density at radius 3 is 2.86 bits per heavy atom. The van der Waals surface area contributed by atoms with Crippen molar-refractivity contribution < 1.29 is 17.9 Å². The minimum absolute atomic E-state index is 0.103. The second-order valence-corrected chi connectivity index (χ2v) is 7.53. The average Bonchev–Trinajstić information content (AvgIpc) is 2.45. The first-order valence-electron chi connectivity index (χ1n) is 6.93. The van der Waals surface area contributed by atoms with E-state index in [4.69, 9.17) is 21.5 Å². The second kappa shape index (κ2) is 6.85. The number of hydrogen-bond donors (Lipinski definition) is 1. The van der Waals surface area contributed by atoms with Crippen LogP contribution >= 0.6 is 11.6 Å². The van der Waals surface area contributed by atoms with Gasteiger partial charge in [0.15, 0.2) is 0 Å². The molecule has 1 amide bonds. The smallest absolute Gasteiger partial charge is 0.257 e. The lowest BCUT2D eigenvalue weighted by atomic mass is 9.99. The zero-order valence-corrected chi connectivity index (χ0v) is 13.9. The summed E-state index contributed by atoms with van der Waals surface area (Å²) >= 11 is 5.90. The van der Waals surface area contributed by atoms with Gasteiger partial charge in [-0.1, -0.05) is 11.6 Å². The molecule has 1 heterocycles. The van der Waals surface area contributed by atoms with Crippen LogP contribution in [0.15, 0.2) is 18.2 Å². The van der Waals surface area contributed by atoms with Crippen LogP contribution in [0.2, 0.25) is 5.02 Å². The SMILES string of the molecule is COc1cc(Cl)ccc1C(=O)N1CCC[C@@H](CS(N)(=O)=O)C1. The number of carbonyl (C=O) groups excluding carboxylic acids is 1. The summed E-state index contributed by atoms with van der Waals surface area (Å²) in [6.45, 7) is 0.965. The molecule has 6 nitrogen and oxygen atoms in total. The summed E-state index contributed by atoms with van der Waals surface area (Å²) in [5.41, 5.74) is 0.420. The standard InChI is InChI=1S/C14H19ClN2O4S/c1-21-13-7-11(15)4-5-12(13)14(18)17-6-2-3-10(8-17)9-22(16,19)20/h4-5,7,10H,2-3,6,8-9H2,1H3,(H2,16,19,20)/t10-/m1/s1. The molecule has 1 aromatic carbocycles. The topological polar surface area (TPSA) is 89.7 Å². The minimum Gasteiger partial charge on any atom is -0.496 e. The zero-order chi connectivity index (χ0) is 16.3. The maximum absolute atomic E-state index is 12.6. The number of halogens is 1. The number of hydrogen-bond acceptors (Lipinski definition) is 4. The fourth-order valence-corrected chi connectivity index (χ4v) is 3.82. The van der Waals surface area contributed by atoms with Crippen molar-refractivity contribution in [2.75, 3.05) is 26.0 Å². The molecule has 0 aliphatic carbocycles. The first-order chi connectivity index (χ1) is 10.3. The first-order valence-corrected chi connectivity index (χ1v) is 9.03. The van der Waals surface area contributed by atoms with Crippen LogP contribution in [0.5, 0.6) is 5.75 Å². The molecular formula is C14H19ClN2O4S. The summed E-state index contributed by atoms with van der Waals surface area (Å²) < 4.78 is 27.6. The lowest BCUT2D eigenvalue weighted by molar-refractivity contribution is 0.0681. The van der Waals surface area contributed by atoms with Crippen LogP contribution in [-0.4, -0.2) is 45.2 Å². The van der Waals surface area contributed by atoms with Crippen LogP contribution in [0.3, 0.4) is 0 Å². The van der Waals surface area contributed by atoms with Crippen LogP contribution in [-0.2, 0) is 10.0 Å². The number of nitrogens with zero attached hydrogens (tertiary/aromatic N) is 1. The van der Waals surface area contributed by atoms with Crippen molar-refractivity contribution in [1.82, 2.24) is 4.90 Å². The fraction of sp³-hybridized carbons (Fsp3) is 0.500. The Hall–Kier alpha value is -1.31. The maximum Gasteiger partial charge on any atom is 0.257 e. The van der Waals surface area contributed by atoms with Crippen molar-refractivity contribution in [3.05, 3.63) is 28.8 Å². The number of amides is 1. The van der Waals surface area contributed by atoms with Gasteiger partial charge >= 0.3 is 0 Å². The quantitative estimate of drug-likeness (QED) is 0.894. The van der Waals surface area contributed by atoms with E-state index in [1.54, 1.807) is 23.1 Å². The number of nitrogens with two attached hydrogens (primary N) is 1. The van der Waals surface area contributed by atoms with Crippen molar-refractivity contribution in [3.63, 3.8) is 0 Å². The van der Waals surface area contributed by atoms with Crippen molar-refractivity contribution in [2.24, 2.45) is 11.1 Å². The Bertz CT molecular complexity index is 663. The normalized spacial score (nSPS) is 19.0. The molecule has 1 atom stereocenters. The molecule has 0 unspecified atom stereocenters. The number of rotatable bonds is 4. The van der Waals surface area contributed by atoms with E-state index in [1.165, 1.54) is 7.11 Å². The number of primary sulfonamides is 1. The number of piperidine rings is 1. The maximum atomic E-state index is 12.6. The zero-order valence-electron chi connectivity index (χ0n) is 12.3. The third kappa shape index (κ3) is 4.34. The van der Waals surface area contributed by atoms with E-state index in [0.29, 0.717) is 29.4 Å². The van der Waals surface area contributed by atoms with Crippen molar-refractivity contribution in [3.8, 4) is 5.75 Å². The molecule has 0 aromatic heterocycles. The highest BCUT2D eigenvalue weighted by atomic mass is 35.5. The van der Waals surface area contributed by atoms with Gasteiger partial charge in [-0.15, -0.1) is 0 Å². The van der Waals surface area contributed by atoms with Gasteiger partial charge in [-0.3, -0.25) is 4.79 Å². The first kappa shape index (κ1) is 17.1. The third-order valence-electron chi connectivity index (χ3n) is 3.67. The number of likely N-dealkylation sites (tertiary alicyclic amines) is 1. The van der Waals surface area contributed by atoms with Gasteiger partial charge in [0.2, 0.25) is 10.0 Å². The van der Waals surface area contributed by atoms with Gasteiger partial charge < -0.3 is 9.64 Å². The van der Waals surface area contributed by atoms with E-state index < -0.39 is 10.0 Å². The molecular weight excluding hydrogens is 328 g/mol. The van der Waals surface area contributed by atoms with Crippen LogP contribution in [0.4, 0.5) is 0 Å². The number of methoxy groups -OCH3 is 1. The highest BCUT2D eigenvalue weighted by Gasteiger charge is 2.28. The Morgan fingerprint density at radius 2 is 2.23 bits per heavy atom. The average molecular weight is 347 g/mol. The number of sulfonamides is 1. The Kier molecular flexibility index (Phi) is 5.31. The van der Waals surface area contributed by atoms with Crippen LogP contribution in [0.25, 0.3) is 0 Å². The van der Waals surface area contributed by atoms with Gasteiger partial charge in [-0.05, 0) is 37.0 Å². The second-order valence-electron chi connectivity index (χ2n) is 5.43. The predicted octanol–water partition coefficient (Wildman–Crippen LogP) is 1.49. The minimum atomic E-state index is -3.54. The third-order valence-corrected chi connectivity index (χ3v) is 4.84. The number of carbonyl (C=O) groups is 1. The monoisotopic (exact) mass is 346 g/mol. The summed E-state index contributed by atoms with van der Waals surface area (Å²) in [6.07, 6.45) is 1.50. The molecule has 0 bridgehead atoms. The van der Waals surface area contributed by atoms with Gasteiger partial charge in [0.1, 0.15) is 5.75 Å². The molecule has 122 valence electrons. The summed E-state index contributed by atoms with van der Waals surface area (Å²) in [4.78, 5) is 14.3. The van der Waals surface area contributed by atoms with Crippen molar-refractivity contribution in [1.29, 1.82) is 0 Å². The molecule has 0 radical (unpaired) electrons. The molecule has 1 fully saturated rings. The molecule has 1 aromatic rings. The van der Waals surface area contributed by atoms with Gasteiger partial charge in [-0.2, -0.15) is 0 Å². The molecule has 2 N–H and O–H groups in total. The number of ether oxygens (including phenoxy) is 1. The van der Waals surface area contributed by atoms with Crippen molar-refractivity contribution in [2.45, 2.75) is 12.8 Å². The van der Waals surface area contributed by atoms with Crippen LogP contribution in [0, 0.1) is 5.92 Å². The molecule has 1 aliphatic heterocycles. The van der Waals surface area contributed by atoms with E-state index in [9.17, 15) is 13.2 Å². The lowest BCUT2D eigenvalue weighted by Gasteiger charge is -2.32.